The Bertz CT molecular complexity index is 411. The number of rotatable bonds is 2. The van der Waals surface area contributed by atoms with Gasteiger partial charge in [0.15, 0.2) is 17.2 Å². The normalized spacial score (nSPS) is 11.3. The molecule has 0 heterocycles. The second-order valence-corrected chi connectivity index (χ2v) is 2.74. The minimum Gasteiger partial charge on any atom is -0.504 e. The van der Waals surface area contributed by atoms with Crippen LogP contribution in [0.1, 0.15) is 5.56 Å². The molecule has 0 saturated heterocycles. The monoisotopic (exact) mass is 212 g/mol. The number of phenolic OH excluding ortho intramolecular Hbond substituents is 3. The number of benzene rings is 1. The third-order valence-electron chi connectivity index (χ3n) is 1.61. The molecule has 0 unspecified atom stereocenters. The molecule has 0 aliphatic heterocycles. The van der Waals surface area contributed by atoms with Crippen molar-refractivity contribution in [3.05, 3.63) is 23.5 Å². The maximum Gasteiger partial charge on any atom is 0.370 e. The van der Waals surface area contributed by atoms with Crippen LogP contribution in [0.3, 0.4) is 0 Å². The highest BCUT2D eigenvalue weighted by molar-refractivity contribution is 5.89. The quantitative estimate of drug-likeness (QED) is 0.281. The topological polar surface area (TPSA) is 118 Å². The Morgan fingerprint density at radius 2 is 1.53 bits per heavy atom. The number of phenols is 3. The molecule has 0 fully saturated rings. The van der Waals surface area contributed by atoms with Crippen molar-refractivity contribution in [1.82, 2.24) is 0 Å². The van der Waals surface area contributed by atoms with Gasteiger partial charge in [-0.2, -0.15) is 0 Å². The molecule has 0 spiro atoms. The summed E-state index contributed by atoms with van der Waals surface area (Å²) in [5.74, 6) is -4.41. The van der Waals surface area contributed by atoms with Gasteiger partial charge in [0.1, 0.15) is 0 Å². The summed E-state index contributed by atoms with van der Waals surface area (Å²) >= 11 is 0. The number of carboxylic acid groups (broad SMARTS) is 1. The molecule has 5 N–H and O–H groups in total. The van der Waals surface area contributed by atoms with Crippen LogP contribution in [0.4, 0.5) is 0 Å². The van der Waals surface area contributed by atoms with Crippen molar-refractivity contribution < 1.29 is 30.3 Å². The van der Waals surface area contributed by atoms with Crippen LogP contribution in [-0.4, -0.2) is 31.5 Å². The molecule has 6 heteroatoms. The second kappa shape index (κ2) is 3.79. The molecule has 0 aliphatic carbocycles. The van der Waals surface area contributed by atoms with E-state index in [1.165, 1.54) is 0 Å². The van der Waals surface area contributed by atoms with Gasteiger partial charge in [0, 0.05) is 0 Å². The zero-order valence-electron chi connectivity index (χ0n) is 7.38. The van der Waals surface area contributed by atoms with Crippen molar-refractivity contribution in [3.8, 4) is 17.2 Å². The first-order valence-electron chi connectivity index (χ1n) is 3.80. The Hall–Kier alpha value is -2.37. The SMILES string of the molecule is O=C(O)C(O)=Cc1cc(O)c(O)c(O)c1. The molecule has 1 rings (SSSR count). The zero-order valence-corrected chi connectivity index (χ0v) is 7.38. The number of aliphatic hydroxyl groups excluding tert-OH is 1. The Labute approximate surface area is 84.0 Å². The summed E-state index contributed by atoms with van der Waals surface area (Å²) in [5, 5.41) is 44.3. The van der Waals surface area contributed by atoms with Gasteiger partial charge >= 0.3 is 5.97 Å². The number of aliphatic carboxylic acids is 1. The van der Waals surface area contributed by atoms with Crippen molar-refractivity contribution in [2.75, 3.05) is 0 Å². The minimum absolute atomic E-state index is 0.0442. The fraction of sp³-hybridized carbons (Fsp3) is 0. The average molecular weight is 212 g/mol. The van der Waals surface area contributed by atoms with Crippen LogP contribution in [0.5, 0.6) is 17.2 Å². The van der Waals surface area contributed by atoms with Crippen molar-refractivity contribution >= 4 is 12.0 Å². The third kappa shape index (κ3) is 2.31. The second-order valence-electron chi connectivity index (χ2n) is 2.74. The summed E-state index contributed by atoms with van der Waals surface area (Å²) in [6.45, 7) is 0. The largest absolute Gasteiger partial charge is 0.504 e. The minimum atomic E-state index is -1.54. The van der Waals surface area contributed by atoms with Gasteiger partial charge in [-0.15, -0.1) is 0 Å². The number of hydrogen-bond donors (Lipinski definition) is 5. The van der Waals surface area contributed by atoms with Crippen LogP contribution in [0, 0.1) is 0 Å². The summed E-state index contributed by atoms with van der Waals surface area (Å²) in [5.41, 5.74) is 0.0442. The van der Waals surface area contributed by atoms with Gasteiger partial charge in [-0.05, 0) is 23.8 Å². The van der Waals surface area contributed by atoms with E-state index in [1.54, 1.807) is 0 Å². The third-order valence-corrected chi connectivity index (χ3v) is 1.61. The van der Waals surface area contributed by atoms with E-state index in [1.807, 2.05) is 0 Å². The average Bonchev–Trinajstić information content (AvgIpc) is 2.13. The van der Waals surface area contributed by atoms with Crippen molar-refractivity contribution in [3.63, 3.8) is 0 Å². The van der Waals surface area contributed by atoms with Crippen LogP contribution in [0.15, 0.2) is 17.9 Å². The van der Waals surface area contributed by atoms with E-state index >= 15 is 0 Å². The van der Waals surface area contributed by atoms with Gasteiger partial charge in [0.05, 0.1) is 0 Å². The molecule has 0 amide bonds. The predicted molar refractivity (Wildman–Crippen MR) is 49.7 cm³/mol. The predicted octanol–water partition coefficient (Wildman–Crippen LogP) is 0.787. The van der Waals surface area contributed by atoms with Gasteiger partial charge < -0.3 is 25.5 Å². The molecule has 1 aromatic carbocycles. The Morgan fingerprint density at radius 3 is 1.93 bits per heavy atom. The highest BCUT2D eigenvalue weighted by atomic mass is 16.4. The lowest BCUT2D eigenvalue weighted by atomic mass is 10.1. The van der Waals surface area contributed by atoms with Crippen LogP contribution < -0.4 is 0 Å². The zero-order chi connectivity index (χ0) is 11.6. The Balaban J connectivity index is 3.18. The van der Waals surface area contributed by atoms with Gasteiger partial charge in [-0.1, -0.05) is 0 Å². The summed E-state index contributed by atoms with van der Waals surface area (Å²) in [6.07, 6.45) is 0.821. The first-order valence-corrected chi connectivity index (χ1v) is 3.80. The summed E-state index contributed by atoms with van der Waals surface area (Å²) in [7, 11) is 0. The van der Waals surface area contributed by atoms with Crippen molar-refractivity contribution in [1.29, 1.82) is 0 Å². The lowest BCUT2D eigenvalue weighted by Crippen LogP contribution is -1.98. The van der Waals surface area contributed by atoms with Crippen LogP contribution >= 0.6 is 0 Å². The highest BCUT2D eigenvalue weighted by Gasteiger charge is 2.09. The molecule has 0 aromatic heterocycles. The molecular weight excluding hydrogens is 204 g/mol. The van der Waals surface area contributed by atoms with E-state index in [-0.39, 0.29) is 5.56 Å². The van der Waals surface area contributed by atoms with Gasteiger partial charge in [0.25, 0.3) is 0 Å². The maximum atomic E-state index is 10.2. The summed E-state index contributed by atoms with van der Waals surface area (Å²) in [6, 6.07) is 1.99. The van der Waals surface area contributed by atoms with Crippen molar-refractivity contribution in [2.45, 2.75) is 0 Å². The Kier molecular flexibility index (Phi) is 2.70. The van der Waals surface area contributed by atoms with Crippen LogP contribution in [-0.2, 0) is 4.79 Å². The first kappa shape index (κ1) is 10.7. The van der Waals surface area contributed by atoms with E-state index < -0.39 is 29.0 Å². The number of aliphatic hydroxyl groups is 1. The molecule has 1 aromatic rings. The number of carboxylic acids is 1. The molecule has 0 aliphatic rings. The highest BCUT2D eigenvalue weighted by Crippen LogP contribution is 2.35. The van der Waals surface area contributed by atoms with Crippen LogP contribution in [0.2, 0.25) is 0 Å². The number of aromatic hydroxyl groups is 3. The standard InChI is InChI=1S/C9H8O6/c10-5-1-4(2-6(11)8(5)13)3-7(12)9(14)15/h1-3,10-13H,(H,14,15). The van der Waals surface area contributed by atoms with Crippen molar-refractivity contribution in [2.24, 2.45) is 0 Å². The van der Waals surface area contributed by atoms with Crippen LogP contribution in [0.25, 0.3) is 6.08 Å². The molecule has 6 nitrogen and oxygen atoms in total. The van der Waals surface area contributed by atoms with E-state index in [0.29, 0.717) is 0 Å². The number of carbonyl (C=O) groups is 1. The smallest absolute Gasteiger partial charge is 0.370 e. The van der Waals surface area contributed by atoms with E-state index in [9.17, 15) is 4.79 Å². The molecular formula is C9H8O6. The Morgan fingerprint density at radius 1 is 1.07 bits per heavy atom. The molecule has 0 bridgehead atoms. The summed E-state index contributed by atoms with van der Waals surface area (Å²) < 4.78 is 0. The molecule has 0 saturated carbocycles. The fourth-order valence-electron chi connectivity index (χ4n) is 0.928. The van der Waals surface area contributed by atoms with Gasteiger partial charge in [-0.3, -0.25) is 0 Å². The summed E-state index contributed by atoms with van der Waals surface area (Å²) in [4.78, 5) is 10.2. The molecule has 0 radical (unpaired) electrons. The van der Waals surface area contributed by atoms with E-state index in [2.05, 4.69) is 0 Å². The van der Waals surface area contributed by atoms with E-state index in [4.69, 9.17) is 25.5 Å². The lowest BCUT2D eigenvalue weighted by Gasteiger charge is -2.02. The van der Waals surface area contributed by atoms with E-state index in [0.717, 1.165) is 18.2 Å². The lowest BCUT2D eigenvalue weighted by molar-refractivity contribution is -0.135. The molecule has 0 atom stereocenters. The maximum absolute atomic E-state index is 10.2. The molecule has 15 heavy (non-hydrogen) atoms. The van der Waals surface area contributed by atoms with Gasteiger partial charge in [0.2, 0.25) is 5.76 Å². The fourth-order valence-corrected chi connectivity index (χ4v) is 0.928. The molecule has 80 valence electrons. The number of hydrogen-bond acceptors (Lipinski definition) is 5. The first-order chi connectivity index (χ1) is 6.91. The van der Waals surface area contributed by atoms with Gasteiger partial charge in [-0.25, -0.2) is 4.79 Å².